The molecule has 112 valence electrons. The molecule has 7 heteroatoms. The van der Waals surface area contributed by atoms with Crippen molar-refractivity contribution < 1.29 is 9.72 Å². The summed E-state index contributed by atoms with van der Waals surface area (Å²) in [6, 6.07) is 6.40. The monoisotopic (exact) mass is 298 g/mol. The number of rotatable bonds is 2. The van der Waals surface area contributed by atoms with Crippen LogP contribution in [0.5, 0.6) is 0 Å². The van der Waals surface area contributed by atoms with Crippen molar-refractivity contribution in [2.75, 3.05) is 7.05 Å². The normalized spacial score (nSPS) is 11.0. The Morgan fingerprint density at radius 1 is 1.32 bits per heavy atom. The number of non-ortho nitro benzene ring substituents is 1. The van der Waals surface area contributed by atoms with Gasteiger partial charge in [0.15, 0.2) is 0 Å². The first-order valence-corrected chi connectivity index (χ1v) is 6.70. The molecule has 1 aromatic carbocycles. The zero-order valence-corrected chi connectivity index (χ0v) is 12.4. The number of aromatic nitrogens is 2. The van der Waals surface area contributed by atoms with E-state index in [1.807, 2.05) is 18.5 Å². The van der Waals surface area contributed by atoms with Gasteiger partial charge in [0.05, 0.1) is 16.1 Å². The Balaban J connectivity index is 2.44. The molecule has 0 fully saturated rings. The summed E-state index contributed by atoms with van der Waals surface area (Å²) in [7, 11) is 3.42. The van der Waals surface area contributed by atoms with E-state index in [1.54, 1.807) is 12.1 Å². The molecule has 2 aromatic heterocycles. The van der Waals surface area contributed by atoms with Gasteiger partial charge in [-0.25, -0.2) is 4.98 Å². The second-order valence-electron chi connectivity index (χ2n) is 5.09. The minimum atomic E-state index is -0.425. The van der Waals surface area contributed by atoms with E-state index in [9.17, 15) is 14.9 Å². The smallest absolute Gasteiger partial charge is 0.270 e. The molecule has 1 N–H and O–H groups in total. The van der Waals surface area contributed by atoms with E-state index in [0.29, 0.717) is 11.4 Å². The molecule has 0 spiro atoms. The molecule has 1 amide bonds. The maximum absolute atomic E-state index is 11.8. The van der Waals surface area contributed by atoms with Gasteiger partial charge in [-0.05, 0) is 19.1 Å². The highest BCUT2D eigenvalue weighted by Crippen LogP contribution is 2.32. The van der Waals surface area contributed by atoms with Crippen LogP contribution in [-0.4, -0.2) is 27.4 Å². The molecule has 22 heavy (non-hydrogen) atoms. The number of nitrogens with one attached hydrogen (secondary N) is 1. The summed E-state index contributed by atoms with van der Waals surface area (Å²) in [5.41, 5.74) is 2.75. The standard InChI is InChI=1S/C15H14N4O3/c1-8-14-11(7-12(17-8)15(20)16-2)10-6-9(19(21)22)4-5-13(10)18(14)3/h4-7H,1-3H3,(H,16,20). The van der Waals surface area contributed by atoms with E-state index in [1.165, 1.54) is 19.2 Å². The molecule has 7 nitrogen and oxygen atoms in total. The number of hydrogen-bond donors (Lipinski definition) is 1. The molecular weight excluding hydrogens is 284 g/mol. The van der Waals surface area contributed by atoms with Gasteiger partial charge in [-0.3, -0.25) is 14.9 Å². The summed E-state index contributed by atoms with van der Waals surface area (Å²) in [6.07, 6.45) is 0. The van der Waals surface area contributed by atoms with Crippen molar-refractivity contribution in [2.45, 2.75) is 6.92 Å². The average Bonchev–Trinajstić information content (AvgIpc) is 2.79. The van der Waals surface area contributed by atoms with E-state index < -0.39 is 4.92 Å². The summed E-state index contributed by atoms with van der Waals surface area (Å²) in [4.78, 5) is 26.7. The van der Waals surface area contributed by atoms with Crippen molar-refractivity contribution in [3.05, 3.63) is 45.8 Å². The largest absolute Gasteiger partial charge is 0.354 e. The van der Waals surface area contributed by atoms with Crippen LogP contribution in [0.1, 0.15) is 16.2 Å². The van der Waals surface area contributed by atoms with Gasteiger partial charge in [0.1, 0.15) is 5.69 Å². The van der Waals surface area contributed by atoms with Crippen molar-refractivity contribution in [3.8, 4) is 0 Å². The lowest BCUT2D eigenvalue weighted by atomic mass is 10.1. The van der Waals surface area contributed by atoms with E-state index in [4.69, 9.17) is 0 Å². The van der Waals surface area contributed by atoms with E-state index in [2.05, 4.69) is 10.3 Å². The summed E-state index contributed by atoms with van der Waals surface area (Å²) in [6.45, 7) is 1.82. The number of nitrogens with zero attached hydrogens (tertiary/aromatic N) is 3. The fraction of sp³-hybridized carbons (Fsp3) is 0.200. The first-order chi connectivity index (χ1) is 10.4. The lowest BCUT2D eigenvalue weighted by Gasteiger charge is -2.04. The highest BCUT2D eigenvalue weighted by Gasteiger charge is 2.17. The summed E-state index contributed by atoms with van der Waals surface area (Å²) >= 11 is 0. The van der Waals surface area contributed by atoms with Crippen LogP contribution >= 0.6 is 0 Å². The van der Waals surface area contributed by atoms with Crippen LogP contribution < -0.4 is 5.32 Å². The van der Waals surface area contributed by atoms with Crippen LogP contribution in [0.4, 0.5) is 5.69 Å². The maximum Gasteiger partial charge on any atom is 0.270 e. The molecule has 0 saturated heterocycles. The molecule has 0 aliphatic carbocycles. The van der Waals surface area contributed by atoms with E-state index >= 15 is 0 Å². The first kappa shape index (κ1) is 14.0. The minimum absolute atomic E-state index is 0.0240. The predicted octanol–water partition coefficient (Wildman–Crippen LogP) is 2.30. The molecule has 0 radical (unpaired) electrons. The Morgan fingerprint density at radius 2 is 2.05 bits per heavy atom. The molecular formula is C15H14N4O3. The SMILES string of the molecule is CNC(=O)c1cc2c3cc([N+](=O)[O-])ccc3n(C)c2c(C)n1. The fourth-order valence-corrected chi connectivity index (χ4v) is 2.81. The van der Waals surface area contributed by atoms with Gasteiger partial charge in [-0.1, -0.05) is 0 Å². The number of nitro groups is 1. The number of carbonyl (C=O) groups excluding carboxylic acids is 1. The van der Waals surface area contributed by atoms with Crippen LogP contribution in [0, 0.1) is 17.0 Å². The average molecular weight is 298 g/mol. The number of carbonyl (C=O) groups is 1. The maximum atomic E-state index is 11.8. The van der Waals surface area contributed by atoms with Gasteiger partial charge in [0.25, 0.3) is 11.6 Å². The van der Waals surface area contributed by atoms with Gasteiger partial charge < -0.3 is 9.88 Å². The quantitative estimate of drug-likeness (QED) is 0.580. The van der Waals surface area contributed by atoms with Gasteiger partial charge in [-0.15, -0.1) is 0 Å². The van der Waals surface area contributed by atoms with Crippen molar-refractivity contribution in [2.24, 2.45) is 7.05 Å². The van der Waals surface area contributed by atoms with Crippen molar-refractivity contribution in [3.63, 3.8) is 0 Å². The third-order valence-corrected chi connectivity index (χ3v) is 3.80. The highest BCUT2D eigenvalue weighted by molar-refractivity contribution is 6.11. The predicted molar refractivity (Wildman–Crippen MR) is 83.0 cm³/mol. The Labute approximate surface area is 125 Å². The summed E-state index contributed by atoms with van der Waals surface area (Å²) in [5, 5.41) is 15.1. The van der Waals surface area contributed by atoms with Gasteiger partial charge in [0.2, 0.25) is 0 Å². The molecule has 0 bridgehead atoms. The molecule has 0 aliphatic rings. The zero-order valence-electron chi connectivity index (χ0n) is 12.4. The molecule has 0 saturated carbocycles. The lowest BCUT2D eigenvalue weighted by Crippen LogP contribution is -2.19. The molecule has 0 atom stereocenters. The van der Waals surface area contributed by atoms with E-state index in [-0.39, 0.29) is 11.6 Å². The minimum Gasteiger partial charge on any atom is -0.354 e. The Kier molecular flexibility index (Phi) is 3.05. The highest BCUT2D eigenvalue weighted by atomic mass is 16.6. The summed E-state index contributed by atoms with van der Waals surface area (Å²) < 4.78 is 1.93. The van der Waals surface area contributed by atoms with E-state index in [0.717, 1.165) is 21.8 Å². The third-order valence-electron chi connectivity index (χ3n) is 3.80. The van der Waals surface area contributed by atoms with Crippen LogP contribution in [0.15, 0.2) is 24.3 Å². The van der Waals surface area contributed by atoms with Crippen molar-refractivity contribution in [1.82, 2.24) is 14.9 Å². The number of fused-ring (bicyclic) bond motifs is 3. The number of benzene rings is 1. The van der Waals surface area contributed by atoms with Crippen LogP contribution in [0.2, 0.25) is 0 Å². The van der Waals surface area contributed by atoms with Crippen LogP contribution in [0.25, 0.3) is 21.8 Å². The zero-order chi connectivity index (χ0) is 16.0. The second kappa shape index (κ2) is 4.80. The summed E-state index contributed by atoms with van der Waals surface area (Å²) in [5.74, 6) is -0.285. The van der Waals surface area contributed by atoms with Gasteiger partial charge in [-0.2, -0.15) is 0 Å². The molecule has 2 heterocycles. The number of pyridine rings is 1. The number of aryl methyl sites for hydroxylation is 2. The molecule has 3 rings (SSSR count). The van der Waals surface area contributed by atoms with Gasteiger partial charge >= 0.3 is 0 Å². The van der Waals surface area contributed by atoms with Crippen molar-refractivity contribution in [1.29, 1.82) is 0 Å². The van der Waals surface area contributed by atoms with Crippen LogP contribution in [0.3, 0.4) is 0 Å². The Hall–Kier alpha value is -2.96. The molecule has 0 unspecified atom stereocenters. The van der Waals surface area contributed by atoms with Gasteiger partial charge in [0, 0.05) is 42.5 Å². The fourth-order valence-electron chi connectivity index (χ4n) is 2.81. The van der Waals surface area contributed by atoms with Crippen LogP contribution in [-0.2, 0) is 7.05 Å². The third kappa shape index (κ3) is 1.90. The number of amides is 1. The molecule has 0 aliphatic heterocycles. The van der Waals surface area contributed by atoms with Crippen molar-refractivity contribution >= 4 is 33.4 Å². The Morgan fingerprint density at radius 3 is 2.68 bits per heavy atom. The second-order valence-corrected chi connectivity index (χ2v) is 5.09. The number of hydrogen-bond acceptors (Lipinski definition) is 4. The lowest BCUT2D eigenvalue weighted by molar-refractivity contribution is -0.384. The first-order valence-electron chi connectivity index (χ1n) is 6.70. The number of nitro benzene ring substituents is 1. The topological polar surface area (TPSA) is 90.1 Å². The molecule has 3 aromatic rings. The Bertz CT molecular complexity index is 943.